The number of pyridine rings is 1. The van der Waals surface area contributed by atoms with Crippen molar-refractivity contribution in [1.29, 1.82) is 0 Å². The Hall–Kier alpha value is -2.31. The molecule has 0 bridgehead atoms. The molecule has 6 heteroatoms. The van der Waals surface area contributed by atoms with E-state index in [9.17, 15) is 12.8 Å². The van der Waals surface area contributed by atoms with E-state index in [1.807, 2.05) is 30.3 Å². The Kier molecular flexibility index (Phi) is 3.58. The molecule has 1 fully saturated rings. The Morgan fingerprint density at radius 3 is 2.50 bits per heavy atom. The number of hydrogen-bond donors (Lipinski definition) is 1. The minimum atomic E-state index is -3.65. The molecule has 3 aromatic rings. The number of sulfonamides is 1. The van der Waals surface area contributed by atoms with Gasteiger partial charge in [-0.2, -0.15) is 0 Å². The molecule has 2 aromatic carbocycles. The van der Waals surface area contributed by atoms with Crippen LogP contribution in [0.5, 0.6) is 0 Å². The molecule has 4 nitrogen and oxygen atoms in total. The Morgan fingerprint density at radius 1 is 1.04 bits per heavy atom. The predicted octanol–water partition coefficient (Wildman–Crippen LogP) is 3.48. The van der Waals surface area contributed by atoms with Gasteiger partial charge in [-0.05, 0) is 42.2 Å². The largest absolute Gasteiger partial charge is 0.255 e. The summed E-state index contributed by atoms with van der Waals surface area (Å²) < 4.78 is 41.6. The number of benzene rings is 2. The molecule has 0 unspecified atom stereocenters. The molecule has 0 saturated heterocycles. The first-order chi connectivity index (χ1) is 11.5. The highest BCUT2D eigenvalue weighted by Gasteiger charge is 2.28. The van der Waals surface area contributed by atoms with E-state index in [1.165, 1.54) is 18.3 Å². The van der Waals surface area contributed by atoms with Gasteiger partial charge in [-0.25, -0.2) is 17.5 Å². The van der Waals surface area contributed by atoms with E-state index in [1.54, 1.807) is 6.07 Å². The number of aromatic nitrogens is 1. The normalized spacial score (nSPS) is 14.9. The summed E-state index contributed by atoms with van der Waals surface area (Å²) in [5.74, 6) is -0.484. The second kappa shape index (κ2) is 5.65. The van der Waals surface area contributed by atoms with E-state index in [-0.39, 0.29) is 16.3 Å². The molecule has 0 amide bonds. The summed E-state index contributed by atoms with van der Waals surface area (Å²) in [7, 11) is -3.65. The number of nitrogens with zero attached hydrogens (tertiary/aromatic N) is 1. The molecule has 24 heavy (non-hydrogen) atoms. The summed E-state index contributed by atoms with van der Waals surface area (Å²) in [5, 5.41) is 0.202. The van der Waals surface area contributed by atoms with Crippen LogP contribution in [-0.4, -0.2) is 19.4 Å². The van der Waals surface area contributed by atoms with E-state index < -0.39 is 15.8 Å². The van der Waals surface area contributed by atoms with Crippen molar-refractivity contribution < 1.29 is 12.8 Å². The second-order valence-corrected chi connectivity index (χ2v) is 7.67. The highest BCUT2D eigenvalue weighted by Crippen LogP contribution is 2.28. The molecule has 122 valence electrons. The monoisotopic (exact) mass is 342 g/mol. The molecule has 1 aliphatic carbocycles. The molecule has 4 rings (SSSR count). The summed E-state index contributed by atoms with van der Waals surface area (Å²) in [5.41, 5.74) is 2.02. The predicted molar refractivity (Wildman–Crippen MR) is 90.5 cm³/mol. The van der Waals surface area contributed by atoms with Crippen LogP contribution in [0.2, 0.25) is 0 Å². The van der Waals surface area contributed by atoms with Gasteiger partial charge in [0.2, 0.25) is 10.0 Å². The SMILES string of the molecule is O=S(=O)(NC1CC1)c1cnc2cc(-c3ccccc3)cc(F)c2c1. The van der Waals surface area contributed by atoms with Gasteiger partial charge in [0.1, 0.15) is 10.7 Å². The van der Waals surface area contributed by atoms with Gasteiger partial charge < -0.3 is 0 Å². The van der Waals surface area contributed by atoms with Crippen LogP contribution in [-0.2, 0) is 10.0 Å². The zero-order valence-electron chi connectivity index (χ0n) is 12.7. The van der Waals surface area contributed by atoms with Crippen LogP contribution in [0, 0.1) is 5.82 Å². The fraction of sp³-hybridized carbons (Fsp3) is 0.167. The van der Waals surface area contributed by atoms with E-state index in [2.05, 4.69) is 9.71 Å². The average molecular weight is 342 g/mol. The van der Waals surface area contributed by atoms with E-state index in [0.717, 1.165) is 18.4 Å². The van der Waals surface area contributed by atoms with E-state index >= 15 is 0 Å². The highest BCUT2D eigenvalue weighted by atomic mass is 32.2. The molecule has 1 heterocycles. The Bertz CT molecular complexity index is 1020. The number of hydrogen-bond acceptors (Lipinski definition) is 3. The lowest BCUT2D eigenvalue weighted by Gasteiger charge is -2.08. The number of nitrogens with one attached hydrogen (secondary N) is 1. The van der Waals surface area contributed by atoms with Crippen molar-refractivity contribution in [2.75, 3.05) is 0 Å². The van der Waals surface area contributed by atoms with Crippen LogP contribution in [0.25, 0.3) is 22.0 Å². The van der Waals surface area contributed by atoms with Crippen LogP contribution in [0.15, 0.2) is 59.6 Å². The summed E-state index contributed by atoms with van der Waals surface area (Å²) in [4.78, 5) is 4.16. The third-order valence-electron chi connectivity index (χ3n) is 4.04. The maximum atomic E-state index is 14.5. The molecule has 1 aromatic heterocycles. The summed E-state index contributed by atoms with van der Waals surface area (Å²) in [6.07, 6.45) is 2.96. The molecular weight excluding hydrogens is 327 g/mol. The van der Waals surface area contributed by atoms with Crippen molar-refractivity contribution in [2.24, 2.45) is 0 Å². The maximum Gasteiger partial charge on any atom is 0.242 e. The lowest BCUT2D eigenvalue weighted by molar-refractivity contribution is 0.580. The molecule has 1 N–H and O–H groups in total. The van der Waals surface area contributed by atoms with Gasteiger partial charge in [-0.15, -0.1) is 0 Å². The van der Waals surface area contributed by atoms with Crippen molar-refractivity contribution >= 4 is 20.9 Å². The van der Waals surface area contributed by atoms with E-state index in [4.69, 9.17) is 0 Å². The van der Waals surface area contributed by atoms with Crippen molar-refractivity contribution in [2.45, 2.75) is 23.8 Å². The van der Waals surface area contributed by atoms with Crippen LogP contribution in [0.4, 0.5) is 4.39 Å². The van der Waals surface area contributed by atoms with Gasteiger partial charge in [0.05, 0.1) is 5.52 Å². The van der Waals surface area contributed by atoms with E-state index in [0.29, 0.717) is 11.1 Å². The molecule has 0 atom stereocenters. The topological polar surface area (TPSA) is 59.1 Å². The zero-order valence-corrected chi connectivity index (χ0v) is 13.6. The smallest absolute Gasteiger partial charge is 0.242 e. The summed E-state index contributed by atoms with van der Waals surface area (Å²) >= 11 is 0. The Balaban J connectivity index is 1.79. The second-order valence-electron chi connectivity index (χ2n) is 5.96. The number of halogens is 1. The first-order valence-electron chi connectivity index (χ1n) is 7.70. The minimum Gasteiger partial charge on any atom is -0.255 e. The molecule has 1 aliphatic rings. The van der Waals surface area contributed by atoms with Crippen molar-refractivity contribution in [1.82, 2.24) is 9.71 Å². The van der Waals surface area contributed by atoms with Gasteiger partial charge in [0, 0.05) is 17.6 Å². The van der Waals surface area contributed by atoms with Crippen molar-refractivity contribution in [3.8, 4) is 11.1 Å². The number of rotatable bonds is 4. The minimum absolute atomic E-state index is 0.00370. The van der Waals surface area contributed by atoms with Gasteiger partial charge in [0.15, 0.2) is 0 Å². The molecule has 0 aliphatic heterocycles. The standard InChI is InChI=1S/C18H15FN2O2S/c19-17-8-13(12-4-2-1-3-5-12)9-18-16(17)10-15(11-20-18)24(22,23)21-14-6-7-14/h1-5,8-11,14,21H,6-7H2. The van der Waals surface area contributed by atoms with Gasteiger partial charge in [-0.1, -0.05) is 30.3 Å². The third-order valence-corrected chi connectivity index (χ3v) is 5.53. The summed E-state index contributed by atoms with van der Waals surface area (Å²) in [6.45, 7) is 0. The Labute approximate surface area is 139 Å². The molecule has 0 radical (unpaired) electrons. The van der Waals surface area contributed by atoms with Gasteiger partial charge in [-0.3, -0.25) is 4.98 Å². The zero-order chi connectivity index (χ0) is 16.7. The molecule has 1 saturated carbocycles. The average Bonchev–Trinajstić information content (AvgIpc) is 3.38. The molecular formula is C18H15FN2O2S. The van der Waals surface area contributed by atoms with Crippen LogP contribution in [0.3, 0.4) is 0 Å². The lowest BCUT2D eigenvalue weighted by Crippen LogP contribution is -2.25. The maximum absolute atomic E-state index is 14.5. The number of fused-ring (bicyclic) bond motifs is 1. The fourth-order valence-corrected chi connectivity index (χ4v) is 3.87. The van der Waals surface area contributed by atoms with Crippen LogP contribution in [0.1, 0.15) is 12.8 Å². The highest BCUT2D eigenvalue weighted by molar-refractivity contribution is 7.89. The first kappa shape index (κ1) is 15.2. The van der Waals surface area contributed by atoms with Crippen molar-refractivity contribution in [3.05, 3.63) is 60.5 Å². The van der Waals surface area contributed by atoms with Gasteiger partial charge >= 0.3 is 0 Å². The van der Waals surface area contributed by atoms with Crippen molar-refractivity contribution in [3.63, 3.8) is 0 Å². The fourth-order valence-electron chi connectivity index (χ4n) is 2.60. The van der Waals surface area contributed by atoms with Gasteiger partial charge in [0.25, 0.3) is 0 Å². The third kappa shape index (κ3) is 2.90. The van der Waals surface area contributed by atoms with Crippen LogP contribution >= 0.6 is 0 Å². The first-order valence-corrected chi connectivity index (χ1v) is 9.18. The Morgan fingerprint density at radius 2 is 1.79 bits per heavy atom. The van der Waals surface area contributed by atoms with Crippen LogP contribution < -0.4 is 4.72 Å². The lowest BCUT2D eigenvalue weighted by atomic mass is 10.0. The summed E-state index contributed by atoms with van der Waals surface area (Å²) in [6, 6.07) is 13.9. The molecule has 0 spiro atoms. The quantitative estimate of drug-likeness (QED) is 0.790.